The SMILES string of the molecule is O=C(NCc1cccs1)C1CCCCCN1. The van der Waals surface area contributed by atoms with Crippen LogP contribution >= 0.6 is 11.3 Å². The molecule has 1 aliphatic rings. The highest BCUT2D eigenvalue weighted by molar-refractivity contribution is 7.09. The molecule has 1 aromatic heterocycles. The van der Waals surface area contributed by atoms with Crippen LogP contribution < -0.4 is 10.6 Å². The number of amides is 1. The molecule has 1 aliphatic heterocycles. The first-order chi connectivity index (χ1) is 7.86. The van der Waals surface area contributed by atoms with E-state index in [1.807, 2.05) is 17.5 Å². The molecule has 0 bridgehead atoms. The maximum atomic E-state index is 11.9. The van der Waals surface area contributed by atoms with E-state index in [9.17, 15) is 4.79 Å². The quantitative estimate of drug-likeness (QED) is 0.844. The summed E-state index contributed by atoms with van der Waals surface area (Å²) in [5.41, 5.74) is 0. The van der Waals surface area contributed by atoms with E-state index in [0.29, 0.717) is 6.54 Å². The molecule has 1 unspecified atom stereocenters. The van der Waals surface area contributed by atoms with Crippen LogP contribution in [-0.4, -0.2) is 18.5 Å². The van der Waals surface area contributed by atoms with E-state index < -0.39 is 0 Å². The van der Waals surface area contributed by atoms with Crippen molar-refractivity contribution in [1.29, 1.82) is 0 Å². The molecule has 0 spiro atoms. The summed E-state index contributed by atoms with van der Waals surface area (Å²) in [6.07, 6.45) is 4.55. The fourth-order valence-electron chi connectivity index (χ4n) is 1.96. The van der Waals surface area contributed by atoms with Crippen LogP contribution in [0.1, 0.15) is 30.6 Å². The van der Waals surface area contributed by atoms with Gasteiger partial charge in [-0.2, -0.15) is 0 Å². The lowest BCUT2D eigenvalue weighted by molar-refractivity contribution is -0.123. The highest BCUT2D eigenvalue weighted by atomic mass is 32.1. The van der Waals surface area contributed by atoms with Gasteiger partial charge in [-0.3, -0.25) is 4.79 Å². The summed E-state index contributed by atoms with van der Waals surface area (Å²) in [5.74, 6) is 0.148. The number of rotatable bonds is 3. The molecular weight excluding hydrogens is 220 g/mol. The Hall–Kier alpha value is -0.870. The molecule has 0 radical (unpaired) electrons. The molecule has 2 N–H and O–H groups in total. The highest BCUT2D eigenvalue weighted by Gasteiger charge is 2.18. The van der Waals surface area contributed by atoms with Crippen LogP contribution in [0.15, 0.2) is 17.5 Å². The predicted octanol–water partition coefficient (Wildman–Crippen LogP) is 1.90. The minimum absolute atomic E-state index is 0.0162. The Morgan fingerprint density at radius 1 is 1.50 bits per heavy atom. The largest absolute Gasteiger partial charge is 0.350 e. The Bertz CT molecular complexity index is 316. The molecule has 4 heteroatoms. The van der Waals surface area contributed by atoms with Gasteiger partial charge in [-0.1, -0.05) is 18.9 Å². The number of thiophene rings is 1. The Morgan fingerprint density at radius 2 is 2.44 bits per heavy atom. The van der Waals surface area contributed by atoms with Gasteiger partial charge in [-0.05, 0) is 30.8 Å². The van der Waals surface area contributed by atoms with Crippen molar-refractivity contribution in [2.24, 2.45) is 0 Å². The van der Waals surface area contributed by atoms with E-state index in [4.69, 9.17) is 0 Å². The van der Waals surface area contributed by atoms with Crippen molar-refractivity contribution >= 4 is 17.2 Å². The topological polar surface area (TPSA) is 41.1 Å². The monoisotopic (exact) mass is 238 g/mol. The smallest absolute Gasteiger partial charge is 0.237 e. The fraction of sp³-hybridized carbons (Fsp3) is 0.583. The van der Waals surface area contributed by atoms with E-state index in [0.717, 1.165) is 19.4 Å². The van der Waals surface area contributed by atoms with Crippen LogP contribution in [0, 0.1) is 0 Å². The van der Waals surface area contributed by atoms with Crippen LogP contribution in [0.2, 0.25) is 0 Å². The lowest BCUT2D eigenvalue weighted by Gasteiger charge is -2.14. The second kappa shape index (κ2) is 6.01. The van der Waals surface area contributed by atoms with Gasteiger partial charge < -0.3 is 10.6 Å². The van der Waals surface area contributed by atoms with Crippen LogP contribution in [0.4, 0.5) is 0 Å². The van der Waals surface area contributed by atoms with Gasteiger partial charge in [-0.15, -0.1) is 11.3 Å². The van der Waals surface area contributed by atoms with Crippen molar-refractivity contribution in [3.8, 4) is 0 Å². The molecule has 88 valence electrons. The van der Waals surface area contributed by atoms with Gasteiger partial charge in [0.1, 0.15) is 0 Å². The molecule has 0 aliphatic carbocycles. The third kappa shape index (κ3) is 3.32. The molecule has 2 rings (SSSR count). The standard InChI is InChI=1S/C12H18N2OS/c15-12(11-6-2-1-3-7-13-11)14-9-10-5-4-8-16-10/h4-5,8,11,13H,1-3,6-7,9H2,(H,14,15). The van der Waals surface area contributed by atoms with Gasteiger partial charge in [0.05, 0.1) is 12.6 Å². The van der Waals surface area contributed by atoms with Crippen LogP contribution in [-0.2, 0) is 11.3 Å². The van der Waals surface area contributed by atoms with Gasteiger partial charge in [0.15, 0.2) is 0 Å². The zero-order valence-electron chi connectivity index (χ0n) is 9.37. The summed E-state index contributed by atoms with van der Waals surface area (Å²) in [6, 6.07) is 4.07. The van der Waals surface area contributed by atoms with E-state index in [2.05, 4.69) is 10.6 Å². The van der Waals surface area contributed by atoms with Crippen molar-refractivity contribution in [3.05, 3.63) is 22.4 Å². The van der Waals surface area contributed by atoms with Crippen LogP contribution in [0.3, 0.4) is 0 Å². The van der Waals surface area contributed by atoms with E-state index in [-0.39, 0.29) is 11.9 Å². The predicted molar refractivity (Wildman–Crippen MR) is 66.4 cm³/mol. The Kier molecular flexibility index (Phi) is 4.36. The van der Waals surface area contributed by atoms with Gasteiger partial charge in [0, 0.05) is 4.88 Å². The highest BCUT2D eigenvalue weighted by Crippen LogP contribution is 2.10. The summed E-state index contributed by atoms with van der Waals surface area (Å²) < 4.78 is 0. The summed E-state index contributed by atoms with van der Waals surface area (Å²) in [4.78, 5) is 13.1. The van der Waals surface area contributed by atoms with Gasteiger partial charge >= 0.3 is 0 Å². The van der Waals surface area contributed by atoms with Crippen molar-refractivity contribution in [2.45, 2.75) is 38.3 Å². The Balaban J connectivity index is 1.78. The van der Waals surface area contributed by atoms with Crippen molar-refractivity contribution < 1.29 is 4.79 Å². The second-order valence-corrected chi connectivity index (χ2v) is 5.19. The number of nitrogens with one attached hydrogen (secondary N) is 2. The van der Waals surface area contributed by atoms with Crippen LogP contribution in [0.25, 0.3) is 0 Å². The molecule has 0 saturated carbocycles. The van der Waals surface area contributed by atoms with E-state index >= 15 is 0 Å². The molecule has 3 nitrogen and oxygen atoms in total. The van der Waals surface area contributed by atoms with Gasteiger partial charge in [-0.25, -0.2) is 0 Å². The van der Waals surface area contributed by atoms with Gasteiger partial charge in [0.2, 0.25) is 5.91 Å². The first-order valence-electron chi connectivity index (χ1n) is 5.90. The molecule has 0 aromatic carbocycles. The average molecular weight is 238 g/mol. The van der Waals surface area contributed by atoms with Crippen molar-refractivity contribution in [1.82, 2.24) is 10.6 Å². The molecular formula is C12H18N2OS. The summed E-state index contributed by atoms with van der Waals surface area (Å²) >= 11 is 1.68. The van der Waals surface area contributed by atoms with Crippen LogP contribution in [0.5, 0.6) is 0 Å². The fourth-order valence-corrected chi connectivity index (χ4v) is 2.61. The molecule has 1 amide bonds. The minimum Gasteiger partial charge on any atom is -0.350 e. The maximum Gasteiger partial charge on any atom is 0.237 e. The Morgan fingerprint density at radius 3 is 3.25 bits per heavy atom. The normalized spacial score (nSPS) is 21.4. The summed E-state index contributed by atoms with van der Waals surface area (Å²) in [6.45, 7) is 1.63. The average Bonchev–Trinajstić information content (AvgIpc) is 2.66. The van der Waals surface area contributed by atoms with E-state index in [1.54, 1.807) is 11.3 Å². The molecule has 1 saturated heterocycles. The summed E-state index contributed by atoms with van der Waals surface area (Å²) in [5, 5.41) is 8.33. The van der Waals surface area contributed by atoms with Crippen molar-refractivity contribution in [3.63, 3.8) is 0 Å². The van der Waals surface area contributed by atoms with Gasteiger partial charge in [0.25, 0.3) is 0 Å². The third-order valence-corrected chi connectivity index (χ3v) is 3.77. The number of hydrogen-bond donors (Lipinski definition) is 2. The molecule has 16 heavy (non-hydrogen) atoms. The molecule has 1 atom stereocenters. The molecule has 1 aromatic rings. The third-order valence-electron chi connectivity index (χ3n) is 2.89. The number of carbonyl (C=O) groups is 1. The maximum absolute atomic E-state index is 11.9. The Labute approximate surface area is 100 Å². The number of hydrogen-bond acceptors (Lipinski definition) is 3. The first kappa shape index (κ1) is 11.6. The molecule has 2 heterocycles. The first-order valence-corrected chi connectivity index (χ1v) is 6.78. The number of carbonyl (C=O) groups excluding carboxylic acids is 1. The zero-order valence-corrected chi connectivity index (χ0v) is 10.2. The minimum atomic E-state index is 0.0162. The summed E-state index contributed by atoms with van der Waals surface area (Å²) in [7, 11) is 0. The second-order valence-electron chi connectivity index (χ2n) is 4.15. The zero-order chi connectivity index (χ0) is 11.2. The van der Waals surface area contributed by atoms with Crippen molar-refractivity contribution in [2.75, 3.05) is 6.54 Å². The van der Waals surface area contributed by atoms with E-state index in [1.165, 1.54) is 17.7 Å². The molecule has 1 fully saturated rings. The lowest BCUT2D eigenvalue weighted by Crippen LogP contribution is -2.43. The lowest BCUT2D eigenvalue weighted by atomic mass is 10.1.